The van der Waals surface area contributed by atoms with Gasteiger partial charge < -0.3 is 9.80 Å². The first-order valence-corrected chi connectivity index (χ1v) is 12.1. The van der Waals surface area contributed by atoms with Crippen molar-refractivity contribution >= 4 is 38.2 Å². The maximum atomic E-state index is 12.9. The number of carbonyl (C=O) groups excluding carboxylic acids is 2. The molecule has 28 heavy (non-hydrogen) atoms. The zero-order valence-electron chi connectivity index (χ0n) is 16.5. The number of likely N-dealkylation sites (tertiary alicyclic amines) is 1. The third-order valence-corrected chi connectivity index (χ3v) is 7.84. The van der Waals surface area contributed by atoms with Crippen molar-refractivity contribution in [3.8, 4) is 0 Å². The number of nitrogens with one attached hydrogen (secondary N) is 1. The van der Waals surface area contributed by atoms with Gasteiger partial charge in [-0.25, -0.2) is 13.2 Å². The minimum Gasteiger partial charge on any atom is -0.323 e. The van der Waals surface area contributed by atoms with E-state index < -0.39 is 15.9 Å². The van der Waals surface area contributed by atoms with Gasteiger partial charge in [0.15, 0.2) is 9.84 Å². The SMILES string of the molecule is CC(C)(C)c1nnc(NC(=O)[C@@H]2CCCCN2C(=O)N2CCS(=O)(=O)CC2)s1. The number of hydrogen-bond acceptors (Lipinski definition) is 7. The molecule has 156 valence electrons. The van der Waals surface area contributed by atoms with E-state index in [1.54, 1.807) is 4.90 Å². The second-order valence-corrected chi connectivity index (χ2v) is 11.6. The van der Waals surface area contributed by atoms with Gasteiger partial charge in [0.1, 0.15) is 11.0 Å². The Kier molecular flexibility index (Phi) is 5.95. The molecule has 2 aliphatic rings. The van der Waals surface area contributed by atoms with Crippen LogP contribution in [0.2, 0.25) is 0 Å². The summed E-state index contributed by atoms with van der Waals surface area (Å²) in [5, 5.41) is 12.2. The van der Waals surface area contributed by atoms with Crippen LogP contribution < -0.4 is 5.32 Å². The Morgan fingerprint density at radius 3 is 2.39 bits per heavy atom. The first-order valence-electron chi connectivity index (χ1n) is 9.48. The second kappa shape index (κ2) is 7.94. The summed E-state index contributed by atoms with van der Waals surface area (Å²) in [6.45, 7) is 6.93. The fourth-order valence-corrected chi connectivity index (χ4v) is 5.29. The molecular formula is C17H27N5O4S2. The van der Waals surface area contributed by atoms with Gasteiger partial charge >= 0.3 is 6.03 Å². The van der Waals surface area contributed by atoms with Crippen LogP contribution in [0.15, 0.2) is 0 Å². The summed E-state index contributed by atoms with van der Waals surface area (Å²) < 4.78 is 23.2. The Balaban J connectivity index is 1.68. The van der Waals surface area contributed by atoms with E-state index in [-0.39, 0.29) is 41.9 Å². The van der Waals surface area contributed by atoms with Crippen molar-refractivity contribution in [2.75, 3.05) is 36.5 Å². The lowest BCUT2D eigenvalue weighted by molar-refractivity contribution is -0.121. The van der Waals surface area contributed by atoms with Crippen molar-refractivity contribution in [2.45, 2.75) is 51.5 Å². The number of aromatic nitrogens is 2. The number of anilines is 1. The van der Waals surface area contributed by atoms with Crippen LogP contribution in [0.4, 0.5) is 9.93 Å². The van der Waals surface area contributed by atoms with Crippen molar-refractivity contribution in [2.24, 2.45) is 0 Å². The molecule has 0 aromatic carbocycles. The van der Waals surface area contributed by atoms with Gasteiger partial charge in [0.25, 0.3) is 0 Å². The van der Waals surface area contributed by atoms with Crippen LogP contribution in [0.1, 0.15) is 45.0 Å². The van der Waals surface area contributed by atoms with E-state index in [1.807, 2.05) is 20.8 Å². The standard InChI is InChI=1S/C17H27N5O4S2/c1-17(2,3)14-19-20-15(27-14)18-13(23)12-6-4-5-7-22(12)16(24)21-8-10-28(25,26)11-9-21/h12H,4-11H2,1-3H3,(H,18,20,23)/t12-/m0/s1. The number of urea groups is 1. The average molecular weight is 430 g/mol. The second-order valence-electron chi connectivity index (χ2n) is 8.28. The van der Waals surface area contributed by atoms with Gasteiger partial charge in [0.05, 0.1) is 11.5 Å². The van der Waals surface area contributed by atoms with Crippen molar-refractivity contribution in [3.05, 3.63) is 5.01 Å². The third-order valence-electron chi connectivity index (χ3n) is 4.96. The van der Waals surface area contributed by atoms with E-state index in [0.717, 1.165) is 17.8 Å². The maximum absolute atomic E-state index is 12.9. The maximum Gasteiger partial charge on any atom is 0.320 e. The highest BCUT2D eigenvalue weighted by atomic mass is 32.2. The summed E-state index contributed by atoms with van der Waals surface area (Å²) in [5.41, 5.74) is -0.151. The molecule has 1 aromatic heterocycles. The highest BCUT2D eigenvalue weighted by molar-refractivity contribution is 7.91. The summed E-state index contributed by atoms with van der Waals surface area (Å²) >= 11 is 1.33. The molecule has 0 saturated carbocycles. The highest BCUT2D eigenvalue weighted by Gasteiger charge is 2.36. The van der Waals surface area contributed by atoms with E-state index in [0.29, 0.717) is 18.1 Å². The Morgan fingerprint density at radius 2 is 1.79 bits per heavy atom. The van der Waals surface area contributed by atoms with Crippen LogP contribution in [-0.4, -0.2) is 77.5 Å². The van der Waals surface area contributed by atoms with Crippen molar-refractivity contribution in [1.29, 1.82) is 0 Å². The van der Waals surface area contributed by atoms with Crippen LogP contribution >= 0.6 is 11.3 Å². The number of rotatable bonds is 2. The molecule has 11 heteroatoms. The van der Waals surface area contributed by atoms with Crippen molar-refractivity contribution in [1.82, 2.24) is 20.0 Å². The van der Waals surface area contributed by atoms with E-state index >= 15 is 0 Å². The zero-order chi connectivity index (χ0) is 20.5. The Labute approximate surface area is 169 Å². The molecule has 1 N–H and O–H groups in total. The molecule has 0 bridgehead atoms. The molecule has 0 unspecified atom stereocenters. The van der Waals surface area contributed by atoms with Crippen LogP contribution in [0.5, 0.6) is 0 Å². The van der Waals surface area contributed by atoms with Crippen molar-refractivity contribution < 1.29 is 18.0 Å². The molecular weight excluding hydrogens is 402 g/mol. The topological polar surface area (TPSA) is 113 Å². The summed E-state index contributed by atoms with van der Waals surface area (Å²) in [4.78, 5) is 28.9. The molecule has 2 saturated heterocycles. The van der Waals surface area contributed by atoms with E-state index in [1.165, 1.54) is 16.2 Å². The smallest absolute Gasteiger partial charge is 0.320 e. The van der Waals surface area contributed by atoms with E-state index in [9.17, 15) is 18.0 Å². The van der Waals surface area contributed by atoms with E-state index in [4.69, 9.17) is 0 Å². The fourth-order valence-electron chi connectivity index (χ4n) is 3.28. The minimum atomic E-state index is -3.07. The molecule has 0 radical (unpaired) electrons. The number of carbonyl (C=O) groups is 2. The van der Waals surface area contributed by atoms with Gasteiger partial charge in [-0.3, -0.25) is 10.1 Å². The molecule has 1 aromatic rings. The Bertz CT molecular complexity index is 832. The van der Waals surface area contributed by atoms with Gasteiger partial charge in [0.2, 0.25) is 11.0 Å². The number of amides is 3. The Morgan fingerprint density at radius 1 is 1.11 bits per heavy atom. The molecule has 0 spiro atoms. The lowest BCUT2D eigenvalue weighted by Gasteiger charge is -2.39. The molecule has 3 amide bonds. The van der Waals surface area contributed by atoms with Gasteiger partial charge in [-0.2, -0.15) is 0 Å². The average Bonchev–Trinajstić information content (AvgIpc) is 3.10. The van der Waals surface area contributed by atoms with Crippen molar-refractivity contribution in [3.63, 3.8) is 0 Å². The quantitative estimate of drug-likeness (QED) is 0.762. The lowest BCUT2D eigenvalue weighted by Crippen LogP contribution is -2.56. The minimum absolute atomic E-state index is 0.0240. The van der Waals surface area contributed by atoms with Crippen LogP contribution in [-0.2, 0) is 20.0 Å². The predicted octanol–water partition coefficient (Wildman–Crippen LogP) is 1.48. The molecule has 3 rings (SSSR count). The van der Waals surface area contributed by atoms with Crippen LogP contribution in [0, 0.1) is 0 Å². The summed E-state index contributed by atoms with van der Waals surface area (Å²) in [6.07, 6.45) is 2.27. The van der Waals surface area contributed by atoms with Gasteiger partial charge in [-0.05, 0) is 19.3 Å². The van der Waals surface area contributed by atoms with Gasteiger partial charge in [0, 0.05) is 25.0 Å². The lowest BCUT2D eigenvalue weighted by atomic mass is 9.98. The van der Waals surface area contributed by atoms with Crippen LogP contribution in [0.25, 0.3) is 0 Å². The third kappa shape index (κ3) is 4.80. The van der Waals surface area contributed by atoms with E-state index in [2.05, 4.69) is 15.5 Å². The number of hydrogen-bond donors (Lipinski definition) is 1. The Hall–Kier alpha value is -1.75. The first-order chi connectivity index (χ1) is 13.1. The molecule has 9 nitrogen and oxygen atoms in total. The number of sulfone groups is 1. The highest BCUT2D eigenvalue weighted by Crippen LogP contribution is 2.28. The zero-order valence-corrected chi connectivity index (χ0v) is 18.1. The monoisotopic (exact) mass is 429 g/mol. The number of piperidine rings is 1. The molecule has 0 aliphatic carbocycles. The van der Waals surface area contributed by atoms with Gasteiger partial charge in [-0.15, -0.1) is 10.2 Å². The normalized spacial score (nSPS) is 22.8. The summed E-state index contributed by atoms with van der Waals surface area (Å²) in [6, 6.07) is -0.843. The molecule has 3 heterocycles. The molecule has 2 aliphatic heterocycles. The predicted molar refractivity (Wildman–Crippen MR) is 107 cm³/mol. The summed E-state index contributed by atoms with van der Waals surface area (Å²) in [5.74, 6) is -0.317. The molecule has 2 fully saturated rings. The van der Waals surface area contributed by atoms with Crippen LogP contribution in [0.3, 0.4) is 0 Å². The first kappa shape index (κ1) is 21.0. The molecule has 1 atom stereocenters. The fraction of sp³-hybridized carbons (Fsp3) is 0.765. The largest absolute Gasteiger partial charge is 0.323 e. The number of nitrogens with zero attached hydrogens (tertiary/aromatic N) is 4. The summed E-state index contributed by atoms with van der Waals surface area (Å²) in [7, 11) is -3.07. The van der Waals surface area contributed by atoms with Gasteiger partial charge in [-0.1, -0.05) is 32.1 Å².